The van der Waals surface area contributed by atoms with Gasteiger partial charge in [-0.2, -0.15) is 5.26 Å². The van der Waals surface area contributed by atoms with E-state index in [9.17, 15) is 0 Å². The molecule has 0 bridgehead atoms. The molecule has 0 saturated carbocycles. The van der Waals surface area contributed by atoms with Crippen molar-refractivity contribution in [2.75, 3.05) is 0 Å². The van der Waals surface area contributed by atoms with Crippen LogP contribution in [0.5, 0.6) is 0 Å². The van der Waals surface area contributed by atoms with Crippen molar-refractivity contribution in [3.05, 3.63) is 23.4 Å². The molecule has 60 valence electrons. The average molecular weight is 162 g/mol. The van der Waals surface area contributed by atoms with E-state index in [1.165, 1.54) is 6.07 Å². The van der Waals surface area contributed by atoms with E-state index in [0.29, 0.717) is 5.69 Å². The summed E-state index contributed by atoms with van der Waals surface area (Å²) in [6, 6.07) is 4.98. The van der Waals surface area contributed by atoms with Crippen LogP contribution in [0.15, 0.2) is 12.1 Å². The van der Waals surface area contributed by atoms with Crippen LogP contribution in [0.25, 0.3) is 0 Å². The molecule has 0 aromatic carbocycles. The molecule has 0 spiro atoms. The number of nitrogens with zero attached hydrogens (tertiary/aromatic N) is 2. The molecule has 1 heterocycles. The van der Waals surface area contributed by atoms with Gasteiger partial charge in [0.05, 0.1) is 11.2 Å². The molecule has 0 unspecified atom stereocenters. The molecule has 0 atom stereocenters. The molecule has 0 aliphatic carbocycles. The van der Waals surface area contributed by atoms with Crippen LogP contribution in [0.4, 0.5) is 0 Å². The van der Waals surface area contributed by atoms with E-state index in [1.54, 1.807) is 13.0 Å². The van der Waals surface area contributed by atoms with Gasteiger partial charge in [0, 0.05) is 5.69 Å². The number of pyridine rings is 1. The highest BCUT2D eigenvalue weighted by Gasteiger charge is 2.17. The Morgan fingerprint density at radius 2 is 2.17 bits per heavy atom. The summed E-state index contributed by atoms with van der Waals surface area (Å²) in [5.41, 5.74) is 0.852. The van der Waals surface area contributed by atoms with Gasteiger partial charge in [-0.3, -0.25) is 4.98 Å². The second kappa shape index (κ2) is 3.35. The van der Waals surface area contributed by atoms with E-state index >= 15 is 0 Å². The first kappa shape index (κ1) is 8.72. The van der Waals surface area contributed by atoms with Crippen molar-refractivity contribution in [1.82, 2.24) is 4.98 Å². The maximum absolute atomic E-state index is 8.80. The molecule has 1 aromatic heterocycles. The minimum absolute atomic E-state index is 0.0116. The first-order valence-corrected chi connectivity index (χ1v) is 3.39. The largest absolute Gasteiger partial charge is 0.509 e. The van der Waals surface area contributed by atoms with E-state index in [2.05, 4.69) is 4.98 Å². The third kappa shape index (κ3) is 1.61. The van der Waals surface area contributed by atoms with Crippen LogP contribution < -0.4 is 5.59 Å². The topological polar surface area (TPSA) is 77.1 Å². The number of hydrogen-bond acceptors (Lipinski definition) is 4. The van der Waals surface area contributed by atoms with Crippen LogP contribution in [0, 0.1) is 18.3 Å². The zero-order valence-corrected chi connectivity index (χ0v) is 6.52. The monoisotopic (exact) mass is 162 g/mol. The van der Waals surface area contributed by atoms with Crippen molar-refractivity contribution >= 4 is 12.7 Å². The summed E-state index contributed by atoms with van der Waals surface area (Å²) in [5, 5.41) is 26.2. The first-order chi connectivity index (χ1) is 5.65. The van der Waals surface area contributed by atoms with E-state index < -0.39 is 7.12 Å². The van der Waals surface area contributed by atoms with E-state index in [0.717, 1.165) is 0 Å². The van der Waals surface area contributed by atoms with Crippen LogP contribution in [-0.4, -0.2) is 22.2 Å². The molecule has 0 radical (unpaired) electrons. The number of aromatic nitrogens is 1. The Bertz CT molecular complexity index is 333. The second-order valence-electron chi connectivity index (χ2n) is 2.37. The van der Waals surface area contributed by atoms with Gasteiger partial charge in [0.2, 0.25) is 0 Å². The maximum atomic E-state index is 8.80. The highest BCUT2D eigenvalue weighted by molar-refractivity contribution is 6.58. The quantitative estimate of drug-likeness (QED) is 0.516. The van der Waals surface area contributed by atoms with Crippen molar-refractivity contribution in [1.29, 1.82) is 5.26 Å². The van der Waals surface area contributed by atoms with Gasteiger partial charge in [0.25, 0.3) is 0 Å². The molecular formula is C7H7BN2O2. The molecular weight excluding hydrogens is 155 g/mol. The molecule has 4 nitrogen and oxygen atoms in total. The molecule has 0 amide bonds. The molecule has 0 aliphatic heterocycles. The third-order valence-corrected chi connectivity index (χ3v) is 1.43. The Labute approximate surface area is 70.3 Å². The summed E-state index contributed by atoms with van der Waals surface area (Å²) in [6.45, 7) is 1.72. The fraction of sp³-hybridized carbons (Fsp3) is 0.143. The van der Waals surface area contributed by atoms with Crippen LogP contribution in [0.2, 0.25) is 0 Å². The highest BCUT2D eigenvalue weighted by atomic mass is 16.4. The Hall–Kier alpha value is -1.38. The summed E-state index contributed by atoms with van der Waals surface area (Å²) < 4.78 is 0. The van der Waals surface area contributed by atoms with Crippen molar-refractivity contribution in [3.8, 4) is 6.07 Å². The molecule has 0 fully saturated rings. The molecule has 1 rings (SSSR count). The first-order valence-electron chi connectivity index (χ1n) is 3.39. The van der Waals surface area contributed by atoms with Gasteiger partial charge in [0.15, 0.2) is 0 Å². The predicted octanol–water partition coefficient (Wildman–Crippen LogP) is -1.06. The minimum Gasteiger partial charge on any atom is -0.422 e. The number of rotatable bonds is 1. The average Bonchev–Trinajstić information content (AvgIpc) is 2.04. The maximum Gasteiger partial charge on any atom is 0.509 e. The lowest BCUT2D eigenvalue weighted by molar-refractivity contribution is 0.424. The van der Waals surface area contributed by atoms with Gasteiger partial charge >= 0.3 is 7.12 Å². The molecule has 0 saturated heterocycles. The number of aryl methyl sites for hydroxylation is 1. The summed E-state index contributed by atoms with van der Waals surface area (Å²) >= 11 is 0. The summed E-state index contributed by atoms with van der Waals surface area (Å²) in [6.07, 6.45) is 0. The van der Waals surface area contributed by atoms with Crippen molar-refractivity contribution in [2.45, 2.75) is 6.92 Å². The van der Waals surface area contributed by atoms with Crippen LogP contribution in [0.1, 0.15) is 11.3 Å². The van der Waals surface area contributed by atoms with Crippen molar-refractivity contribution in [3.63, 3.8) is 0 Å². The van der Waals surface area contributed by atoms with Crippen LogP contribution >= 0.6 is 0 Å². The minimum atomic E-state index is -1.68. The molecule has 1 aromatic rings. The molecule has 0 aliphatic rings. The summed E-state index contributed by atoms with van der Waals surface area (Å²) in [4.78, 5) is 3.82. The van der Waals surface area contributed by atoms with E-state index in [1.807, 2.05) is 6.07 Å². The van der Waals surface area contributed by atoms with Gasteiger partial charge in [-0.25, -0.2) is 0 Å². The van der Waals surface area contributed by atoms with Gasteiger partial charge in [-0.15, -0.1) is 0 Å². The molecule has 5 heteroatoms. The van der Waals surface area contributed by atoms with E-state index in [4.69, 9.17) is 15.3 Å². The smallest absolute Gasteiger partial charge is 0.422 e. The van der Waals surface area contributed by atoms with Gasteiger partial charge in [-0.05, 0) is 19.1 Å². The van der Waals surface area contributed by atoms with E-state index in [-0.39, 0.29) is 11.2 Å². The zero-order valence-electron chi connectivity index (χ0n) is 6.52. The van der Waals surface area contributed by atoms with Gasteiger partial charge in [-0.1, -0.05) is 0 Å². The van der Waals surface area contributed by atoms with Gasteiger partial charge < -0.3 is 10.0 Å². The number of hydrogen-bond donors (Lipinski definition) is 2. The lowest BCUT2D eigenvalue weighted by atomic mass is 9.82. The van der Waals surface area contributed by atoms with Crippen molar-refractivity contribution < 1.29 is 10.0 Å². The Morgan fingerprint density at radius 1 is 1.50 bits per heavy atom. The fourth-order valence-corrected chi connectivity index (χ4v) is 0.868. The van der Waals surface area contributed by atoms with Crippen molar-refractivity contribution in [2.24, 2.45) is 0 Å². The Kier molecular flexibility index (Phi) is 2.43. The number of nitriles is 1. The van der Waals surface area contributed by atoms with Crippen LogP contribution in [-0.2, 0) is 0 Å². The van der Waals surface area contributed by atoms with Gasteiger partial charge in [0.1, 0.15) is 6.07 Å². The van der Waals surface area contributed by atoms with Crippen LogP contribution in [0.3, 0.4) is 0 Å². The molecule has 2 N–H and O–H groups in total. The highest BCUT2D eigenvalue weighted by Crippen LogP contribution is 1.95. The molecule has 12 heavy (non-hydrogen) atoms. The second-order valence-corrected chi connectivity index (χ2v) is 2.37. The lowest BCUT2D eigenvalue weighted by Crippen LogP contribution is -2.35. The normalized spacial score (nSPS) is 9.17. The third-order valence-electron chi connectivity index (χ3n) is 1.43. The summed E-state index contributed by atoms with van der Waals surface area (Å²) in [5.74, 6) is 0. The summed E-state index contributed by atoms with van der Waals surface area (Å²) in [7, 11) is -1.68. The Morgan fingerprint density at radius 3 is 2.67 bits per heavy atom. The fourth-order valence-electron chi connectivity index (χ4n) is 0.868. The predicted molar refractivity (Wildman–Crippen MR) is 43.5 cm³/mol. The standard InChI is InChI=1S/C7H7BN2O2/c1-5-2-3-6(4-9)7(10-5)8(11)12/h2-3,11-12H,1H3. The Balaban J connectivity index is 3.24. The zero-order chi connectivity index (χ0) is 9.14. The lowest BCUT2D eigenvalue weighted by Gasteiger charge is -2.01. The SMILES string of the molecule is Cc1ccc(C#N)c(B(O)O)n1.